The van der Waals surface area contributed by atoms with E-state index in [4.69, 9.17) is 18.9 Å². The lowest BCUT2D eigenvalue weighted by atomic mass is 9.50. The predicted octanol–water partition coefficient (Wildman–Crippen LogP) is 5.31. The zero-order valence-electron chi connectivity index (χ0n) is 23.5. The van der Waals surface area contributed by atoms with E-state index in [-0.39, 0.29) is 41.5 Å². The van der Waals surface area contributed by atoms with Crippen LogP contribution in [0, 0.1) is 11.3 Å². The normalized spacial score (nSPS) is 49.3. The number of allylic oxidation sites excluding steroid dienone is 1. The van der Waals surface area contributed by atoms with Crippen LogP contribution in [-0.4, -0.2) is 57.6 Å². The van der Waals surface area contributed by atoms with Gasteiger partial charge < -0.3 is 29.0 Å². The average Bonchev–Trinajstić information content (AvgIpc) is 3.40. The second-order valence-electron chi connectivity index (χ2n) is 14.2. The van der Waals surface area contributed by atoms with E-state index in [1.165, 1.54) is 27.7 Å². The van der Waals surface area contributed by atoms with Crippen LogP contribution in [0.2, 0.25) is 0 Å². The number of aromatic nitrogens is 1. The molecule has 38 heavy (non-hydrogen) atoms. The van der Waals surface area contributed by atoms with Gasteiger partial charge in [0.2, 0.25) is 0 Å². The Morgan fingerprint density at radius 3 is 2.66 bits per heavy atom. The molecule has 10 atom stereocenters. The highest BCUT2D eigenvalue weighted by Crippen LogP contribution is 2.77. The van der Waals surface area contributed by atoms with Gasteiger partial charge in [0.05, 0.1) is 11.7 Å². The molecule has 2 aromatic rings. The first-order valence-electron chi connectivity index (χ1n) is 14.6. The van der Waals surface area contributed by atoms with Gasteiger partial charge in [0, 0.05) is 33.8 Å². The Morgan fingerprint density at radius 1 is 1.08 bits per heavy atom. The number of H-pyrrole nitrogens is 1. The number of benzene rings is 1. The number of hydrogen-bond acceptors (Lipinski definition) is 5. The van der Waals surface area contributed by atoms with Gasteiger partial charge in [0.1, 0.15) is 23.9 Å². The fourth-order valence-corrected chi connectivity index (χ4v) is 9.89. The van der Waals surface area contributed by atoms with Gasteiger partial charge in [0.15, 0.2) is 11.9 Å². The second-order valence-corrected chi connectivity index (χ2v) is 14.2. The number of nitrogens with one attached hydrogen (secondary N) is 1. The standard InChI is InChI=1S/C32H41NO5/c1-17(2)11-12-23-36-24-26(28(3,4)37-23)35-22-13-14-29(5)30(6)18(16-31(29,34)32(22)27(24)38-32)15-20-19-9-7-8-10-21(19)33-25(20)30/h7-11,18,22-24,26-27,33-34H,12-16H2,1-6H3. The molecule has 2 N–H and O–H groups in total. The highest BCUT2D eigenvalue weighted by molar-refractivity contribution is 5.86. The Morgan fingerprint density at radius 2 is 1.87 bits per heavy atom. The molecule has 1 spiro atoms. The van der Waals surface area contributed by atoms with Crippen molar-refractivity contribution in [2.75, 3.05) is 0 Å². The van der Waals surface area contributed by atoms with Crippen LogP contribution in [0.15, 0.2) is 35.9 Å². The van der Waals surface area contributed by atoms with Crippen LogP contribution in [0.1, 0.15) is 78.5 Å². The largest absolute Gasteiger partial charge is 0.386 e. The molecular weight excluding hydrogens is 478 g/mol. The molecule has 204 valence electrons. The maximum atomic E-state index is 13.0. The van der Waals surface area contributed by atoms with Crippen molar-refractivity contribution in [3.05, 3.63) is 47.2 Å². The first-order chi connectivity index (χ1) is 18.0. The molecule has 2 saturated carbocycles. The second kappa shape index (κ2) is 7.13. The van der Waals surface area contributed by atoms with Crippen LogP contribution < -0.4 is 0 Å². The lowest BCUT2D eigenvalue weighted by Gasteiger charge is -2.59. The van der Waals surface area contributed by atoms with Crippen LogP contribution >= 0.6 is 0 Å². The van der Waals surface area contributed by atoms with Crippen molar-refractivity contribution < 1.29 is 24.1 Å². The number of aliphatic hydroxyl groups is 1. The van der Waals surface area contributed by atoms with Gasteiger partial charge in [-0.15, -0.1) is 0 Å². The third-order valence-electron chi connectivity index (χ3n) is 12.0. The molecule has 6 heteroatoms. The van der Waals surface area contributed by atoms with E-state index in [2.05, 4.69) is 76.9 Å². The lowest BCUT2D eigenvalue weighted by molar-refractivity contribution is -0.348. The number of hydrogen-bond donors (Lipinski definition) is 2. The molecule has 1 aromatic carbocycles. The minimum absolute atomic E-state index is 0.155. The number of aromatic amines is 1. The SMILES string of the molecule is CC(C)=CCC1OC2C(OC3CCC4(C)C5(C)c6[nH]c7ccccc7c6CC5CC4(O)C34OC24)C(C)(C)O1. The highest BCUT2D eigenvalue weighted by atomic mass is 16.8. The summed E-state index contributed by atoms with van der Waals surface area (Å²) in [7, 11) is 0. The Kier molecular flexibility index (Phi) is 4.53. The molecule has 3 saturated heterocycles. The quantitative estimate of drug-likeness (QED) is 0.415. The minimum Gasteiger partial charge on any atom is -0.386 e. The van der Waals surface area contributed by atoms with E-state index >= 15 is 0 Å². The summed E-state index contributed by atoms with van der Waals surface area (Å²) in [5.74, 6) is 0.358. The number of fused-ring (bicyclic) bond motifs is 9. The van der Waals surface area contributed by atoms with Crippen molar-refractivity contribution >= 4 is 10.9 Å². The maximum Gasteiger partial charge on any atom is 0.162 e. The molecule has 1 aromatic heterocycles. The highest BCUT2D eigenvalue weighted by Gasteiger charge is 2.89. The van der Waals surface area contributed by atoms with Gasteiger partial charge in [-0.05, 0) is 70.9 Å². The van der Waals surface area contributed by atoms with E-state index < -0.39 is 16.8 Å². The summed E-state index contributed by atoms with van der Waals surface area (Å²) in [6.45, 7) is 13.1. The monoisotopic (exact) mass is 519 g/mol. The van der Waals surface area contributed by atoms with Crippen LogP contribution in [0.4, 0.5) is 0 Å². The van der Waals surface area contributed by atoms with Crippen molar-refractivity contribution in [2.24, 2.45) is 11.3 Å². The number of rotatable bonds is 2. The van der Waals surface area contributed by atoms with Crippen molar-refractivity contribution in [1.29, 1.82) is 0 Å². The van der Waals surface area contributed by atoms with Gasteiger partial charge in [-0.3, -0.25) is 0 Å². The molecule has 6 nitrogen and oxygen atoms in total. The van der Waals surface area contributed by atoms with Crippen LogP contribution in [-0.2, 0) is 30.8 Å². The smallest absolute Gasteiger partial charge is 0.162 e. The fourth-order valence-electron chi connectivity index (χ4n) is 9.89. The van der Waals surface area contributed by atoms with E-state index in [9.17, 15) is 5.11 Å². The van der Waals surface area contributed by atoms with Crippen molar-refractivity contribution in [2.45, 2.75) is 127 Å². The fraction of sp³-hybridized carbons (Fsp3) is 0.688. The minimum atomic E-state index is -0.992. The van der Waals surface area contributed by atoms with E-state index in [0.717, 1.165) is 25.7 Å². The lowest BCUT2D eigenvalue weighted by Crippen LogP contribution is -2.73. The topological polar surface area (TPSA) is 76.2 Å². The number of ether oxygens (including phenoxy) is 4. The summed E-state index contributed by atoms with van der Waals surface area (Å²) in [6.07, 6.45) is 5.19. The molecule has 3 aliphatic heterocycles. The first-order valence-corrected chi connectivity index (χ1v) is 14.6. The average molecular weight is 520 g/mol. The predicted molar refractivity (Wildman–Crippen MR) is 144 cm³/mol. The van der Waals surface area contributed by atoms with Gasteiger partial charge in [0.25, 0.3) is 0 Å². The van der Waals surface area contributed by atoms with Gasteiger partial charge >= 0.3 is 0 Å². The molecular formula is C32H41NO5. The summed E-state index contributed by atoms with van der Waals surface area (Å²) >= 11 is 0. The molecule has 4 heterocycles. The van der Waals surface area contributed by atoms with Gasteiger partial charge in [-0.25, -0.2) is 0 Å². The molecule has 0 radical (unpaired) electrons. The summed E-state index contributed by atoms with van der Waals surface area (Å²) in [5, 5.41) is 14.3. The Balaban J connectivity index is 1.19. The van der Waals surface area contributed by atoms with Crippen LogP contribution in [0.5, 0.6) is 0 Å². The number of epoxide rings is 1. The summed E-state index contributed by atoms with van der Waals surface area (Å²) in [6, 6.07) is 8.65. The van der Waals surface area contributed by atoms with Gasteiger partial charge in [-0.2, -0.15) is 0 Å². The van der Waals surface area contributed by atoms with E-state index in [1.807, 2.05) is 0 Å². The molecule has 3 aliphatic carbocycles. The van der Waals surface area contributed by atoms with Gasteiger partial charge in [-0.1, -0.05) is 43.7 Å². The van der Waals surface area contributed by atoms with E-state index in [0.29, 0.717) is 12.3 Å². The molecule has 10 unspecified atom stereocenters. The third kappa shape index (κ3) is 2.54. The maximum absolute atomic E-state index is 13.0. The zero-order chi connectivity index (χ0) is 26.5. The van der Waals surface area contributed by atoms with Crippen molar-refractivity contribution in [1.82, 2.24) is 4.98 Å². The Hall–Kier alpha value is -1.70. The molecule has 0 bridgehead atoms. The first kappa shape index (κ1) is 24.1. The van der Waals surface area contributed by atoms with Crippen molar-refractivity contribution in [3.8, 4) is 0 Å². The van der Waals surface area contributed by atoms with E-state index in [1.54, 1.807) is 0 Å². The molecule has 8 rings (SSSR count). The summed E-state index contributed by atoms with van der Waals surface area (Å²) in [4.78, 5) is 3.82. The summed E-state index contributed by atoms with van der Waals surface area (Å²) < 4.78 is 26.6. The number of para-hydroxylation sites is 1. The Labute approximate surface area is 225 Å². The van der Waals surface area contributed by atoms with Crippen molar-refractivity contribution in [3.63, 3.8) is 0 Å². The third-order valence-corrected chi connectivity index (χ3v) is 12.0. The molecule has 5 fully saturated rings. The van der Waals surface area contributed by atoms with Crippen LogP contribution in [0.3, 0.4) is 0 Å². The molecule has 0 amide bonds. The Bertz CT molecular complexity index is 1380. The zero-order valence-corrected chi connectivity index (χ0v) is 23.5. The molecule has 6 aliphatic rings. The van der Waals surface area contributed by atoms with Crippen LogP contribution in [0.25, 0.3) is 10.9 Å². The summed E-state index contributed by atoms with van der Waals surface area (Å²) in [5.41, 5.74) is 2.50.